The van der Waals surface area contributed by atoms with E-state index in [1.165, 1.54) is 0 Å². The first kappa shape index (κ1) is 19.2. The molecule has 6 heteroatoms. The maximum atomic E-state index is 9.94. The van der Waals surface area contributed by atoms with Crippen LogP contribution in [0.4, 0.5) is 0 Å². The minimum atomic E-state index is -0.740. The van der Waals surface area contributed by atoms with Crippen molar-refractivity contribution in [1.29, 1.82) is 0 Å². The lowest BCUT2D eigenvalue weighted by Gasteiger charge is -2.00. The van der Waals surface area contributed by atoms with Gasteiger partial charge in [0.25, 0.3) is 0 Å². The average Bonchev–Trinajstić information content (AvgIpc) is 2.15. The maximum Gasteiger partial charge on any atom is 0.303 e. The van der Waals surface area contributed by atoms with Crippen LogP contribution < -0.4 is 11.5 Å². The fourth-order valence-electron chi connectivity index (χ4n) is 1.15. The lowest BCUT2D eigenvalue weighted by molar-refractivity contribution is -0.138. The van der Waals surface area contributed by atoms with Crippen LogP contribution in [0.15, 0.2) is 0 Å². The summed E-state index contributed by atoms with van der Waals surface area (Å²) >= 11 is 0. The molecular weight excluding hydrogens is 236 g/mol. The molecule has 6 nitrogen and oxygen atoms in total. The van der Waals surface area contributed by atoms with Gasteiger partial charge in [-0.2, -0.15) is 0 Å². The van der Waals surface area contributed by atoms with Gasteiger partial charge < -0.3 is 21.7 Å². The summed E-state index contributed by atoms with van der Waals surface area (Å²) in [7, 11) is 0. The van der Waals surface area contributed by atoms with E-state index in [-0.39, 0.29) is 24.9 Å². The molecule has 0 aliphatic rings. The van der Waals surface area contributed by atoms with Gasteiger partial charge in [0.2, 0.25) is 0 Å². The summed E-state index contributed by atoms with van der Waals surface area (Å²) in [6.07, 6.45) is 3.45. The van der Waals surface area contributed by atoms with Crippen LogP contribution in [0.1, 0.15) is 52.4 Å². The third-order valence-electron chi connectivity index (χ3n) is 2.10. The normalized spacial score (nSPS) is 13.1. The number of hydrogen-bond donors (Lipinski definition) is 4. The van der Waals surface area contributed by atoms with Crippen molar-refractivity contribution < 1.29 is 19.8 Å². The highest BCUT2D eigenvalue weighted by molar-refractivity contribution is 5.66. The van der Waals surface area contributed by atoms with Gasteiger partial charge in [-0.15, -0.1) is 0 Å². The van der Waals surface area contributed by atoms with E-state index < -0.39 is 11.9 Å². The van der Waals surface area contributed by atoms with Crippen molar-refractivity contribution in [3.63, 3.8) is 0 Å². The fourth-order valence-corrected chi connectivity index (χ4v) is 1.15. The van der Waals surface area contributed by atoms with Gasteiger partial charge in [0.05, 0.1) is 0 Å². The topological polar surface area (TPSA) is 127 Å². The lowest BCUT2D eigenvalue weighted by atomic mass is 10.1. The third-order valence-corrected chi connectivity index (χ3v) is 2.10. The lowest BCUT2D eigenvalue weighted by Crippen LogP contribution is -2.14. The molecule has 0 radical (unpaired) electrons. The van der Waals surface area contributed by atoms with E-state index in [0.717, 1.165) is 12.8 Å². The number of rotatable bonds is 8. The molecule has 2 atom stereocenters. The summed E-state index contributed by atoms with van der Waals surface area (Å²) < 4.78 is 0. The summed E-state index contributed by atoms with van der Waals surface area (Å²) in [5, 5.41) is 16.4. The van der Waals surface area contributed by atoms with Gasteiger partial charge in [-0.05, 0) is 39.5 Å². The van der Waals surface area contributed by atoms with Crippen molar-refractivity contribution in [2.45, 2.75) is 64.5 Å². The highest BCUT2D eigenvalue weighted by Gasteiger charge is 1.98. The molecule has 0 rings (SSSR count). The molecule has 0 amide bonds. The monoisotopic (exact) mass is 262 g/mol. The molecule has 0 aromatic heterocycles. The zero-order valence-corrected chi connectivity index (χ0v) is 11.3. The summed E-state index contributed by atoms with van der Waals surface area (Å²) in [4.78, 5) is 19.9. The van der Waals surface area contributed by atoms with Gasteiger partial charge in [0, 0.05) is 24.9 Å². The number of nitrogens with two attached hydrogens (primary N) is 2. The largest absolute Gasteiger partial charge is 0.481 e. The Balaban J connectivity index is 0. The molecule has 0 aromatic carbocycles. The Kier molecular flexibility index (Phi) is 13.1. The first-order valence-electron chi connectivity index (χ1n) is 6.20. The Morgan fingerprint density at radius 1 is 0.889 bits per heavy atom. The predicted molar refractivity (Wildman–Crippen MR) is 70.3 cm³/mol. The van der Waals surface area contributed by atoms with Crippen LogP contribution in [0.2, 0.25) is 0 Å². The van der Waals surface area contributed by atoms with Gasteiger partial charge in [0.1, 0.15) is 0 Å². The molecule has 18 heavy (non-hydrogen) atoms. The molecule has 0 aliphatic carbocycles. The Hall–Kier alpha value is -1.14. The molecule has 108 valence electrons. The van der Waals surface area contributed by atoms with Crippen molar-refractivity contribution in [3.8, 4) is 0 Å². The van der Waals surface area contributed by atoms with Gasteiger partial charge in [-0.25, -0.2) is 0 Å². The molecular formula is C12H26N2O4. The average molecular weight is 262 g/mol. The summed E-state index contributed by atoms with van der Waals surface area (Å²) in [6, 6.07) is 0.258. The molecule has 0 aromatic rings. The highest BCUT2D eigenvalue weighted by Crippen LogP contribution is 1.97. The van der Waals surface area contributed by atoms with Gasteiger partial charge in [-0.1, -0.05) is 0 Å². The second-order valence-electron chi connectivity index (χ2n) is 4.53. The van der Waals surface area contributed by atoms with Crippen LogP contribution in [0.25, 0.3) is 0 Å². The molecule has 0 saturated carbocycles. The van der Waals surface area contributed by atoms with Crippen LogP contribution in [0, 0.1) is 0 Å². The first-order valence-corrected chi connectivity index (χ1v) is 6.20. The van der Waals surface area contributed by atoms with Crippen LogP contribution in [-0.2, 0) is 9.59 Å². The molecule has 0 bridgehead atoms. The highest BCUT2D eigenvalue weighted by atomic mass is 16.4. The number of carboxylic acid groups (broad SMARTS) is 2. The quantitative estimate of drug-likeness (QED) is 0.520. The number of carboxylic acids is 2. The van der Waals surface area contributed by atoms with E-state index in [2.05, 4.69) is 0 Å². The fraction of sp³-hybridized carbons (Fsp3) is 0.833. The van der Waals surface area contributed by atoms with Crippen LogP contribution in [0.5, 0.6) is 0 Å². The van der Waals surface area contributed by atoms with Crippen LogP contribution in [0.3, 0.4) is 0 Å². The molecule has 6 N–H and O–H groups in total. The molecule has 0 heterocycles. The van der Waals surface area contributed by atoms with Crippen LogP contribution >= 0.6 is 0 Å². The molecule has 2 unspecified atom stereocenters. The Morgan fingerprint density at radius 3 is 1.33 bits per heavy atom. The minimum Gasteiger partial charge on any atom is -0.481 e. The minimum absolute atomic E-state index is 0.129. The second-order valence-corrected chi connectivity index (χ2v) is 4.53. The van der Waals surface area contributed by atoms with Crippen molar-refractivity contribution in [3.05, 3.63) is 0 Å². The van der Waals surface area contributed by atoms with Crippen molar-refractivity contribution in [2.75, 3.05) is 0 Å². The number of hydrogen-bond acceptors (Lipinski definition) is 4. The van der Waals surface area contributed by atoms with E-state index in [9.17, 15) is 9.59 Å². The number of aliphatic carboxylic acids is 2. The zero-order chi connectivity index (χ0) is 14.6. The molecule has 0 spiro atoms. The van der Waals surface area contributed by atoms with E-state index in [1.54, 1.807) is 0 Å². The second kappa shape index (κ2) is 12.3. The smallest absolute Gasteiger partial charge is 0.303 e. The number of carbonyl (C=O) groups is 2. The zero-order valence-electron chi connectivity index (χ0n) is 11.3. The first-order chi connectivity index (χ1) is 8.25. The van der Waals surface area contributed by atoms with Crippen molar-refractivity contribution in [2.24, 2.45) is 11.5 Å². The molecule has 0 fully saturated rings. The van der Waals surface area contributed by atoms with Gasteiger partial charge >= 0.3 is 11.9 Å². The molecule has 0 aliphatic heterocycles. The van der Waals surface area contributed by atoms with Gasteiger partial charge in [-0.3, -0.25) is 9.59 Å². The SMILES string of the molecule is CC(N)CCCC(=O)O.CC(N)CCCC(=O)O. The summed E-state index contributed by atoms with van der Waals surface area (Å²) in [5.41, 5.74) is 10.8. The van der Waals surface area contributed by atoms with E-state index in [1.807, 2.05) is 13.8 Å². The van der Waals surface area contributed by atoms with Gasteiger partial charge in [0.15, 0.2) is 0 Å². The van der Waals surface area contributed by atoms with E-state index in [4.69, 9.17) is 21.7 Å². The van der Waals surface area contributed by atoms with Crippen molar-refractivity contribution in [1.82, 2.24) is 0 Å². The summed E-state index contributed by atoms with van der Waals surface area (Å²) in [6.45, 7) is 3.75. The maximum absolute atomic E-state index is 9.94. The summed E-state index contributed by atoms with van der Waals surface area (Å²) in [5.74, 6) is -1.48. The predicted octanol–water partition coefficient (Wildman–Crippen LogP) is 1.18. The third kappa shape index (κ3) is 24.2. The van der Waals surface area contributed by atoms with E-state index >= 15 is 0 Å². The molecule has 0 saturated heterocycles. The Bertz CT molecular complexity index is 206. The Labute approximate surface area is 108 Å². The van der Waals surface area contributed by atoms with E-state index in [0.29, 0.717) is 12.8 Å². The van der Waals surface area contributed by atoms with Crippen LogP contribution in [-0.4, -0.2) is 34.2 Å². The standard InChI is InChI=1S/2C6H13NO2/c2*1-5(7)3-2-4-6(8)9/h2*5H,2-4,7H2,1H3,(H,8,9). The Morgan fingerprint density at radius 2 is 1.17 bits per heavy atom. The van der Waals surface area contributed by atoms with Crippen molar-refractivity contribution >= 4 is 11.9 Å².